The summed E-state index contributed by atoms with van der Waals surface area (Å²) in [5, 5.41) is 6.15. The van der Waals surface area contributed by atoms with Gasteiger partial charge in [0, 0.05) is 38.3 Å². The SMILES string of the molecule is CN=C(NCc1cc(C)ccc1OC(F)F)NC[C@H]1CCCN1S(C)(=O)=O. The van der Waals surface area contributed by atoms with Crippen LogP contribution < -0.4 is 15.4 Å². The highest BCUT2D eigenvalue weighted by atomic mass is 32.2. The molecular weight excluding hydrogens is 378 g/mol. The molecule has 1 aliphatic rings. The highest BCUT2D eigenvalue weighted by Gasteiger charge is 2.31. The van der Waals surface area contributed by atoms with Crippen LogP contribution in [-0.4, -0.2) is 57.7 Å². The molecule has 1 saturated heterocycles. The van der Waals surface area contributed by atoms with Crippen molar-refractivity contribution in [3.63, 3.8) is 0 Å². The monoisotopic (exact) mass is 404 g/mol. The Morgan fingerprint density at radius 1 is 1.41 bits per heavy atom. The first-order valence-corrected chi connectivity index (χ1v) is 10.5. The molecule has 1 heterocycles. The molecule has 7 nitrogen and oxygen atoms in total. The summed E-state index contributed by atoms with van der Waals surface area (Å²) < 4.78 is 54.8. The predicted molar refractivity (Wildman–Crippen MR) is 101 cm³/mol. The maximum absolute atomic E-state index is 12.6. The second-order valence-corrected chi connectivity index (χ2v) is 8.40. The number of nitrogens with one attached hydrogen (secondary N) is 2. The molecule has 0 bridgehead atoms. The van der Waals surface area contributed by atoms with Crippen molar-refractivity contribution < 1.29 is 21.9 Å². The molecular formula is C17H26F2N4O3S. The van der Waals surface area contributed by atoms with Crippen LogP contribution in [0.3, 0.4) is 0 Å². The molecule has 27 heavy (non-hydrogen) atoms. The van der Waals surface area contributed by atoms with Gasteiger partial charge in [0.2, 0.25) is 10.0 Å². The van der Waals surface area contributed by atoms with Crippen molar-refractivity contribution in [2.45, 2.75) is 39.0 Å². The number of rotatable bonds is 7. The standard InChI is InChI=1S/C17H26F2N4O3S/c1-12-6-7-15(26-16(18)19)13(9-12)10-21-17(20-2)22-11-14-5-4-8-23(14)27(3,24)25/h6-7,9,14,16H,4-5,8,10-11H2,1-3H3,(H2,20,21,22)/t14-/m1/s1. The Hall–Kier alpha value is -1.94. The molecule has 10 heteroatoms. The van der Waals surface area contributed by atoms with Gasteiger partial charge in [0.15, 0.2) is 5.96 Å². The first-order chi connectivity index (χ1) is 12.7. The van der Waals surface area contributed by atoms with E-state index in [4.69, 9.17) is 0 Å². The number of nitrogens with zero attached hydrogens (tertiary/aromatic N) is 2. The van der Waals surface area contributed by atoms with Crippen molar-refractivity contribution in [1.29, 1.82) is 0 Å². The van der Waals surface area contributed by atoms with Gasteiger partial charge in [-0.2, -0.15) is 13.1 Å². The number of alkyl halides is 2. The number of hydrogen-bond donors (Lipinski definition) is 2. The summed E-state index contributed by atoms with van der Waals surface area (Å²) in [6, 6.07) is 4.85. The van der Waals surface area contributed by atoms with E-state index in [1.807, 2.05) is 6.92 Å². The number of aryl methyl sites for hydroxylation is 1. The lowest BCUT2D eigenvalue weighted by Crippen LogP contribution is -2.46. The first kappa shape index (κ1) is 21.4. The molecule has 1 aromatic carbocycles. The minimum Gasteiger partial charge on any atom is -0.434 e. The predicted octanol–water partition coefficient (Wildman–Crippen LogP) is 1.69. The summed E-state index contributed by atoms with van der Waals surface area (Å²) in [6.45, 7) is 0.149. The van der Waals surface area contributed by atoms with Gasteiger partial charge in [0.1, 0.15) is 5.75 Å². The van der Waals surface area contributed by atoms with Crippen LogP contribution in [0.2, 0.25) is 0 Å². The van der Waals surface area contributed by atoms with Gasteiger partial charge >= 0.3 is 6.61 Å². The van der Waals surface area contributed by atoms with E-state index in [1.54, 1.807) is 19.2 Å². The zero-order valence-electron chi connectivity index (χ0n) is 15.7. The lowest BCUT2D eigenvalue weighted by Gasteiger charge is -2.23. The fourth-order valence-corrected chi connectivity index (χ4v) is 4.30. The van der Waals surface area contributed by atoms with Gasteiger partial charge in [0.25, 0.3) is 0 Å². The third-order valence-corrected chi connectivity index (χ3v) is 5.69. The Morgan fingerprint density at radius 3 is 2.78 bits per heavy atom. The average Bonchev–Trinajstić information content (AvgIpc) is 3.06. The minimum absolute atomic E-state index is 0.109. The molecule has 0 aromatic heterocycles. The van der Waals surface area contributed by atoms with E-state index in [9.17, 15) is 17.2 Å². The second kappa shape index (κ2) is 9.32. The van der Waals surface area contributed by atoms with Crippen molar-refractivity contribution in [3.8, 4) is 5.75 Å². The van der Waals surface area contributed by atoms with E-state index in [0.29, 0.717) is 24.6 Å². The normalized spacial score (nSPS) is 18.7. The number of guanidine groups is 1. The maximum atomic E-state index is 12.6. The molecule has 1 atom stereocenters. The van der Waals surface area contributed by atoms with Crippen molar-refractivity contribution in [3.05, 3.63) is 29.3 Å². The molecule has 1 aromatic rings. The zero-order chi connectivity index (χ0) is 20.0. The van der Waals surface area contributed by atoms with Crippen molar-refractivity contribution in [2.24, 2.45) is 4.99 Å². The molecule has 0 unspecified atom stereocenters. The van der Waals surface area contributed by atoms with Crippen molar-refractivity contribution in [1.82, 2.24) is 14.9 Å². The maximum Gasteiger partial charge on any atom is 0.387 e. The van der Waals surface area contributed by atoms with Crippen molar-refractivity contribution in [2.75, 3.05) is 26.4 Å². The number of hydrogen-bond acceptors (Lipinski definition) is 4. The summed E-state index contributed by atoms with van der Waals surface area (Å²) in [6.07, 6.45) is 2.81. The van der Waals surface area contributed by atoms with E-state index in [0.717, 1.165) is 18.4 Å². The highest BCUT2D eigenvalue weighted by molar-refractivity contribution is 7.88. The van der Waals surface area contributed by atoms with Gasteiger partial charge in [-0.15, -0.1) is 0 Å². The van der Waals surface area contributed by atoms with E-state index in [-0.39, 0.29) is 18.3 Å². The summed E-state index contributed by atoms with van der Waals surface area (Å²) in [4.78, 5) is 4.10. The lowest BCUT2D eigenvalue weighted by molar-refractivity contribution is -0.0504. The number of halogens is 2. The minimum atomic E-state index is -3.24. The van der Waals surface area contributed by atoms with Gasteiger partial charge in [-0.25, -0.2) is 8.42 Å². The quantitative estimate of drug-likeness (QED) is 0.534. The highest BCUT2D eigenvalue weighted by Crippen LogP contribution is 2.22. The summed E-state index contributed by atoms with van der Waals surface area (Å²) in [5.41, 5.74) is 1.50. The van der Waals surface area contributed by atoms with E-state index < -0.39 is 16.6 Å². The van der Waals surface area contributed by atoms with Crippen LogP contribution in [0, 0.1) is 6.92 Å². The van der Waals surface area contributed by atoms with Crippen LogP contribution in [0.1, 0.15) is 24.0 Å². The average molecular weight is 404 g/mol. The van der Waals surface area contributed by atoms with Crippen LogP contribution in [0.25, 0.3) is 0 Å². The lowest BCUT2D eigenvalue weighted by atomic mass is 10.1. The smallest absolute Gasteiger partial charge is 0.387 e. The molecule has 0 spiro atoms. The van der Waals surface area contributed by atoms with E-state index in [2.05, 4.69) is 20.4 Å². The Kier molecular flexibility index (Phi) is 7.37. The van der Waals surface area contributed by atoms with Crippen LogP contribution in [0.4, 0.5) is 8.78 Å². The topological polar surface area (TPSA) is 83.0 Å². The molecule has 0 saturated carbocycles. The van der Waals surface area contributed by atoms with Crippen molar-refractivity contribution >= 4 is 16.0 Å². The Bertz CT molecular complexity index is 771. The Labute approximate surface area is 158 Å². The van der Waals surface area contributed by atoms with Crippen LogP contribution in [0.5, 0.6) is 5.75 Å². The van der Waals surface area contributed by atoms with E-state index in [1.165, 1.54) is 16.6 Å². The third kappa shape index (κ3) is 6.31. The summed E-state index contributed by atoms with van der Waals surface area (Å²) in [5.74, 6) is 0.567. The Balaban J connectivity index is 1.96. The van der Waals surface area contributed by atoms with Crippen LogP contribution in [-0.2, 0) is 16.6 Å². The first-order valence-electron chi connectivity index (χ1n) is 8.66. The fourth-order valence-electron chi connectivity index (χ4n) is 3.12. The molecule has 1 aliphatic heterocycles. The molecule has 1 fully saturated rings. The largest absolute Gasteiger partial charge is 0.434 e. The molecule has 2 N–H and O–H groups in total. The number of aliphatic imine (C=N–C) groups is 1. The van der Waals surface area contributed by atoms with Crippen LogP contribution >= 0.6 is 0 Å². The molecule has 0 aliphatic carbocycles. The van der Waals surface area contributed by atoms with Gasteiger partial charge < -0.3 is 15.4 Å². The number of sulfonamides is 1. The van der Waals surface area contributed by atoms with Gasteiger partial charge in [-0.1, -0.05) is 17.7 Å². The summed E-state index contributed by atoms with van der Waals surface area (Å²) in [7, 11) is -1.65. The molecule has 2 rings (SSSR count). The molecule has 0 radical (unpaired) electrons. The molecule has 152 valence electrons. The third-order valence-electron chi connectivity index (χ3n) is 4.36. The second-order valence-electron chi connectivity index (χ2n) is 6.47. The number of benzene rings is 1. The zero-order valence-corrected chi connectivity index (χ0v) is 16.5. The fraction of sp³-hybridized carbons (Fsp3) is 0.588. The van der Waals surface area contributed by atoms with Crippen LogP contribution in [0.15, 0.2) is 23.2 Å². The van der Waals surface area contributed by atoms with Gasteiger partial charge in [-0.05, 0) is 25.8 Å². The van der Waals surface area contributed by atoms with Gasteiger partial charge in [0.05, 0.1) is 6.26 Å². The number of ether oxygens (including phenoxy) is 1. The Morgan fingerprint density at radius 2 is 2.15 bits per heavy atom. The summed E-state index contributed by atoms with van der Waals surface area (Å²) >= 11 is 0. The molecule has 0 amide bonds. The van der Waals surface area contributed by atoms with E-state index >= 15 is 0 Å². The van der Waals surface area contributed by atoms with Gasteiger partial charge in [-0.3, -0.25) is 4.99 Å².